The van der Waals surface area contributed by atoms with Crippen LogP contribution in [0.25, 0.3) is 0 Å². The number of benzene rings is 2. The van der Waals surface area contributed by atoms with E-state index >= 15 is 0 Å². The van der Waals surface area contributed by atoms with Crippen molar-refractivity contribution in [3.05, 3.63) is 76.0 Å². The van der Waals surface area contributed by atoms with E-state index in [2.05, 4.69) is 10.3 Å². The van der Waals surface area contributed by atoms with Crippen molar-refractivity contribution in [2.45, 2.75) is 20.0 Å². The first-order chi connectivity index (χ1) is 12.1. The highest BCUT2D eigenvalue weighted by Gasteiger charge is 2.09. The molecule has 3 aromatic rings. The third-order valence-corrected chi connectivity index (χ3v) is 4.30. The summed E-state index contributed by atoms with van der Waals surface area (Å²) in [6, 6.07) is 13.6. The zero-order chi connectivity index (χ0) is 17.6. The van der Waals surface area contributed by atoms with Gasteiger partial charge in [-0.1, -0.05) is 23.8 Å². The normalized spacial score (nSPS) is 10.5. The maximum atomic E-state index is 13.1. The highest BCUT2D eigenvalue weighted by molar-refractivity contribution is 7.09. The van der Waals surface area contributed by atoms with Crippen molar-refractivity contribution in [2.75, 3.05) is 5.32 Å². The number of anilines is 1. The number of aromatic nitrogens is 1. The summed E-state index contributed by atoms with van der Waals surface area (Å²) in [6.07, 6.45) is 0.136. The van der Waals surface area contributed by atoms with E-state index in [1.165, 1.54) is 29.0 Å². The standard InChI is InChI=1S/C19H17FN2O2S/c1-13-5-7-17(8-6-13)24-11-19-22-16(12-25-19)10-18(23)21-15-4-2-3-14(20)9-15/h2-9,12H,10-11H2,1H3,(H,21,23). The molecule has 3 rings (SSSR count). The van der Waals surface area contributed by atoms with Crippen LogP contribution in [0.1, 0.15) is 16.3 Å². The Morgan fingerprint density at radius 2 is 2.04 bits per heavy atom. The summed E-state index contributed by atoms with van der Waals surface area (Å²) < 4.78 is 18.8. The number of aryl methyl sites for hydroxylation is 1. The van der Waals surface area contributed by atoms with Crippen LogP contribution in [0.4, 0.5) is 10.1 Å². The van der Waals surface area contributed by atoms with Gasteiger partial charge in [0.25, 0.3) is 0 Å². The second kappa shape index (κ2) is 7.90. The third-order valence-electron chi connectivity index (χ3n) is 3.43. The van der Waals surface area contributed by atoms with Crippen LogP contribution >= 0.6 is 11.3 Å². The number of carbonyl (C=O) groups is 1. The fourth-order valence-electron chi connectivity index (χ4n) is 2.21. The fourth-order valence-corrected chi connectivity index (χ4v) is 2.92. The van der Waals surface area contributed by atoms with E-state index in [0.29, 0.717) is 18.0 Å². The summed E-state index contributed by atoms with van der Waals surface area (Å²) in [5.41, 5.74) is 2.28. The van der Waals surface area contributed by atoms with Crippen LogP contribution in [-0.2, 0) is 17.8 Å². The molecule has 0 atom stereocenters. The van der Waals surface area contributed by atoms with Crippen LogP contribution in [0, 0.1) is 12.7 Å². The second-order valence-corrected chi connectivity index (χ2v) is 6.51. The highest BCUT2D eigenvalue weighted by Crippen LogP contribution is 2.17. The van der Waals surface area contributed by atoms with Gasteiger partial charge < -0.3 is 10.1 Å². The molecule has 0 unspecified atom stereocenters. The molecular formula is C19H17FN2O2S. The minimum absolute atomic E-state index is 0.136. The molecule has 0 aliphatic carbocycles. The van der Waals surface area contributed by atoms with E-state index in [1.54, 1.807) is 12.1 Å². The Kier molecular flexibility index (Phi) is 5.40. The van der Waals surface area contributed by atoms with E-state index < -0.39 is 0 Å². The van der Waals surface area contributed by atoms with Crippen molar-refractivity contribution < 1.29 is 13.9 Å². The number of thiazole rings is 1. The monoisotopic (exact) mass is 356 g/mol. The lowest BCUT2D eigenvalue weighted by atomic mass is 10.2. The number of amides is 1. The summed E-state index contributed by atoms with van der Waals surface area (Å²) in [6.45, 7) is 2.38. The van der Waals surface area contributed by atoms with Gasteiger partial charge in [0, 0.05) is 11.1 Å². The van der Waals surface area contributed by atoms with Gasteiger partial charge in [0.1, 0.15) is 23.2 Å². The van der Waals surface area contributed by atoms with Gasteiger partial charge in [-0.25, -0.2) is 9.37 Å². The number of rotatable bonds is 6. The van der Waals surface area contributed by atoms with E-state index in [1.807, 2.05) is 36.6 Å². The molecule has 2 aromatic carbocycles. The number of ether oxygens (including phenoxy) is 1. The number of halogens is 1. The zero-order valence-electron chi connectivity index (χ0n) is 13.7. The van der Waals surface area contributed by atoms with Crippen molar-refractivity contribution >= 4 is 22.9 Å². The van der Waals surface area contributed by atoms with E-state index in [9.17, 15) is 9.18 Å². The molecule has 0 spiro atoms. The van der Waals surface area contributed by atoms with Crippen LogP contribution in [0.5, 0.6) is 5.75 Å². The van der Waals surface area contributed by atoms with Crippen molar-refractivity contribution in [1.29, 1.82) is 0 Å². The lowest BCUT2D eigenvalue weighted by Crippen LogP contribution is -2.14. The molecule has 1 aromatic heterocycles. The Bertz CT molecular complexity index is 862. The first-order valence-electron chi connectivity index (χ1n) is 7.77. The molecule has 0 aliphatic heterocycles. The Morgan fingerprint density at radius 3 is 2.80 bits per heavy atom. The minimum Gasteiger partial charge on any atom is -0.486 e. The molecule has 128 valence electrons. The third kappa shape index (κ3) is 5.12. The van der Waals surface area contributed by atoms with Crippen LogP contribution in [0.2, 0.25) is 0 Å². The molecule has 6 heteroatoms. The van der Waals surface area contributed by atoms with Crippen molar-refractivity contribution in [1.82, 2.24) is 4.98 Å². The SMILES string of the molecule is Cc1ccc(OCc2nc(CC(=O)Nc3cccc(F)c3)cs2)cc1. The number of hydrogen-bond acceptors (Lipinski definition) is 4. The Balaban J connectivity index is 1.52. The van der Waals surface area contributed by atoms with Gasteiger partial charge in [-0.05, 0) is 37.3 Å². The summed E-state index contributed by atoms with van der Waals surface area (Å²) in [5, 5.41) is 5.29. The van der Waals surface area contributed by atoms with Crippen molar-refractivity contribution in [3.63, 3.8) is 0 Å². The number of hydrogen-bond donors (Lipinski definition) is 1. The summed E-state index contributed by atoms with van der Waals surface area (Å²) in [7, 11) is 0. The summed E-state index contributed by atoms with van der Waals surface area (Å²) in [4.78, 5) is 16.4. The maximum Gasteiger partial charge on any atom is 0.230 e. The van der Waals surface area contributed by atoms with Gasteiger partial charge in [0.05, 0.1) is 12.1 Å². The number of nitrogens with zero attached hydrogens (tertiary/aromatic N) is 1. The zero-order valence-corrected chi connectivity index (χ0v) is 14.5. The first-order valence-corrected chi connectivity index (χ1v) is 8.64. The molecule has 1 heterocycles. The van der Waals surface area contributed by atoms with Gasteiger partial charge in [-0.15, -0.1) is 11.3 Å². The Labute approximate surface area is 149 Å². The second-order valence-electron chi connectivity index (χ2n) is 5.57. The molecule has 1 amide bonds. The van der Waals surface area contributed by atoms with E-state index in [-0.39, 0.29) is 18.1 Å². The van der Waals surface area contributed by atoms with Crippen LogP contribution < -0.4 is 10.1 Å². The van der Waals surface area contributed by atoms with Gasteiger partial charge in [0.2, 0.25) is 5.91 Å². The maximum absolute atomic E-state index is 13.1. The average Bonchev–Trinajstić information content (AvgIpc) is 3.01. The van der Waals surface area contributed by atoms with E-state index in [4.69, 9.17) is 4.74 Å². The Morgan fingerprint density at radius 1 is 1.24 bits per heavy atom. The average molecular weight is 356 g/mol. The van der Waals surface area contributed by atoms with Crippen molar-refractivity contribution in [2.24, 2.45) is 0 Å². The molecule has 0 saturated heterocycles. The molecule has 1 N–H and O–H groups in total. The predicted octanol–water partition coefficient (Wildman–Crippen LogP) is 4.35. The van der Waals surface area contributed by atoms with Gasteiger partial charge in [-0.3, -0.25) is 4.79 Å². The molecule has 0 radical (unpaired) electrons. The van der Waals surface area contributed by atoms with Crippen LogP contribution in [0.15, 0.2) is 53.9 Å². The number of carbonyl (C=O) groups excluding carboxylic acids is 1. The molecule has 0 fully saturated rings. The van der Waals surface area contributed by atoms with Gasteiger partial charge >= 0.3 is 0 Å². The van der Waals surface area contributed by atoms with Crippen LogP contribution in [0.3, 0.4) is 0 Å². The summed E-state index contributed by atoms with van der Waals surface area (Å²) in [5.74, 6) is 0.162. The number of nitrogens with one attached hydrogen (secondary N) is 1. The summed E-state index contributed by atoms with van der Waals surface area (Å²) >= 11 is 1.45. The smallest absolute Gasteiger partial charge is 0.230 e. The van der Waals surface area contributed by atoms with Crippen molar-refractivity contribution in [3.8, 4) is 5.75 Å². The molecule has 0 saturated carbocycles. The van der Waals surface area contributed by atoms with Gasteiger partial charge in [-0.2, -0.15) is 0 Å². The largest absolute Gasteiger partial charge is 0.486 e. The minimum atomic E-state index is -0.387. The van der Waals surface area contributed by atoms with Crippen LogP contribution in [-0.4, -0.2) is 10.9 Å². The molecule has 0 aliphatic rings. The molecule has 25 heavy (non-hydrogen) atoms. The predicted molar refractivity (Wildman–Crippen MR) is 96.4 cm³/mol. The topological polar surface area (TPSA) is 51.2 Å². The van der Waals surface area contributed by atoms with E-state index in [0.717, 1.165) is 10.8 Å². The molecule has 0 bridgehead atoms. The molecular weight excluding hydrogens is 339 g/mol. The Hall–Kier alpha value is -2.73. The van der Waals surface area contributed by atoms with Gasteiger partial charge in [0.15, 0.2) is 0 Å². The lowest BCUT2D eigenvalue weighted by Gasteiger charge is -2.04. The quantitative estimate of drug-likeness (QED) is 0.714. The fraction of sp³-hybridized carbons (Fsp3) is 0.158. The molecule has 4 nitrogen and oxygen atoms in total. The highest BCUT2D eigenvalue weighted by atomic mass is 32.1. The first kappa shape index (κ1) is 17.1. The lowest BCUT2D eigenvalue weighted by molar-refractivity contribution is -0.115.